The largest absolute Gasteiger partial charge is 0.462 e. The van der Waals surface area contributed by atoms with Crippen LogP contribution in [0.15, 0.2) is 58.4 Å². The lowest BCUT2D eigenvalue weighted by molar-refractivity contribution is -0.111. The Kier molecular flexibility index (Phi) is 6.39. The lowest BCUT2D eigenvalue weighted by atomic mass is 10.0. The Balaban J connectivity index is 1.56. The van der Waals surface area contributed by atoms with Crippen LogP contribution in [0.3, 0.4) is 0 Å². The van der Waals surface area contributed by atoms with E-state index in [9.17, 15) is 9.59 Å². The van der Waals surface area contributed by atoms with Crippen molar-refractivity contribution >= 4 is 50.2 Å². The van der Waals surface area contributed by atoms with Gasteiger partial charge in [0.1, 0.15) is 10.6 Å². The lowest BCUT2D eigenvalue weighted by Gasteiger charge is -2.08. The van der Waals surface area contributed by atoms with Crippen molar-refractivity contribution in [2.45, 2.75) is 6.92 Å². The number of benzene rings is 2. The molecule has 2 heterocycles. The molecule has 1 aromatic heterocycles. The second-order valence-corrected chi connectivity index (χ2v) is 8.31. The molecule has 3 aromatic rings. The van der Waals surface area contributed by atoms with Crippen LogP contribution < -0.4 is 14.8 Å². The van der Waals surface area contributed by atoms with Crippen molar-refractivity contribution in [2.75, 3.05) is 18.7 Å². The monoisotopic (exact) mass is 499 g/mol. The fourth-order valence-electron chi connectivity index (χ4n) is 3.04. The number of ether oxygens (including phenoxy) is 3. The van der Waals surface area contributed by atoms with Crippen molar-refractivity contribution in [3.05, 3.63) is 69.5 Å². The molecule has 1 aliphatic heterocycles. The van der Waals surface area contributed by atoms with E-state index >= 15 is 0 Å². The van der Waals surface area contributed by atoms with Crippen molar-refractivity contribution in [1.29, 1.82) is 0 Å². The van der Waals surface area contributed by atoms with Crippen LogP contribution >= 0.6 is 27.3 Å². The van der Waals surface area contributed by atoms with Crippen LogP contribution in [-0.4, -0.2) is 25.3 Å². The second kappa shape index (κ2) is 9.36. The van der Waals surface area contributed by atoms with E-state index in [0.29, 0.717) is 27.6 Å². The van der Waals surface area contributed by atoms with Crippen molar-refractivity contribution in [2.24, 2.45) is 0 Å². The Morgan fingerprint density at radius 3 is 2.71 bits per heavy atom. The average Bonchev–Trinajstić information content (AvgIpc) is 3.39. The van der Waals surface area contributed by atoms with Crippen LogP contribution in [0.5, 0.6) is 11.5 Å². The van der Waals surface area contributed by atoms with Gasteiger partial charge in [-0.05, 0) is 48.4 Å². The number of carbonyl (C=O) groups is 2. The standard InChI is InChI=1S/C23H18BrNO5S/c1-2-28-23(27)21-17(15-5-7-16(24)8-6-15)12-31-22(21)25-20(26)10-4-14-3-9-18-19(11-14)30-13-29-18/h3-12H,2,13H2,1H3,(H,25,26)/b10-4+. The average molecular weight is 500 g/mol. The first-order valence-corrected chi connectivity index (χ1v) is 11.2. The Morgan fingerprint density at radius 1 is 1.16 bits per heavy atom. The molecule has 0 aliphatic carbocycles. The molecule has 0 spiro atoms. The van der Waals surface area contributed by atoms with Gasteiger partial charge in [0.2, 0.25) is 12.7 Å². The molecule has 0 unspecified atom stereocenters. The highest BCUT2D eigenvalue weighted by atomic mass is 79.9. The molecule has 2 aromatic carbocycles. The summed E-state index contributed by atoms with van der Waals surface area (Å²) in [4.78, 5) is 25.2. The van der Waals surface area contributed by atoms with Gasteiger partial charge in [-0.3, -0.25) is 4.79 Å². The smallest absolute Gasteiger partial charge is 0.341 e. The quantitative estimate of drug-likeness (QED) is 0.346. The maximum atomic E-state index is 12.6. The van der Waals surface area contributed by atoms with Gasteiger partial charge < -0.3 is 19.5 Å². The van der Waals surface area contributed by atoms with Crippen molar-refractivity contribution in [1.82, 2.24) is 0 Å². The number of amides is 1. The highest BCUT2D eigenvalue weighted by molar-refractivity contribution is 9.10. The minimum atomic E-state index is -0.475. The van der Waals surface area contributed by atoms with E-state index in [1.807, 2.05) is 35.7 Å². The Bertz CT molecular complexity index is 1150. The third kappa shape index (κ3) is 4.81. The maximum absolute atomic E-state index is 12.6. The summed E-state index contributed by atoms with van der Waals surface area (Å²) in [7, 11) is 0. The predicted octanol–water partition coefficient (Wildman–Crippen LogP) is 5.73. The van der Waals surface area contributed by atoms with E-state index in [2.05, 4.69) is 21.2 Å². The topological polar surface area (TPSA) is 73.9 Å². The first kappa shape index (κ1) is 21.1. The summed E-state index contributed by atoms with van der Waals surface area (Å²) in [5, 5.41) is 5.08. The van der Waals surface area contributed by atoms with Crippen molar-refractivity contribution in [3.8, 4) is 22.6 Å². The summed E-state index contributed by atoms with van der Waals surface area (Å²) in [6, 6.07) is 13.0. The SMILES string of the molecule is CCOC(=O)c1c(-c2ccc(Br)cc2)csc1NC(=O)/C=C/c1ccc2c(c1)OCO2. The van der Waals surface area contributed by atoms with Gasteiger partial charge >= 0.3 is 5.97 Å². The minimum Gasteiger partial charge on any atom is -0.462 e. The highest BCUT2D eigenvalue weighted by Gasteiger charge is 2.22. The van der Waals surface area contributed by atoms with Crippen LogP contribution in [0.25, 0.3) is 17.2 Å². The van der Waals surface area contributed by atoms with Gasteiger partial charge in [-0.15, -0.1) is 11.3 Å². The molecule has 0 saturated carbocycles. The van der Waals surface area contributed by atoms with Crippen LogP contribution in [0.1, 0.15) is 22.8 Å². The number of rotatable bonds is 6. The van der Waals surface area contributed by atoms with Gasteiger partial charge in [-0.1, -0.05) is 34.1 Å². The third-order valence-corrected chi connectivity index (χ3v) is 5.91. The van der Waals surface area contributed by atoms with Crippen molar-refractivity contribution < 1.29 is 23.8 Å². The van der Waals surface area contributed by atoms with E-state index in [1.165, 1.54) is 17.4 Å². The molecule has 0 atom stereocenters. The molecule has 0 bridgehead atoms. The van der Waals surface area contributed by atoms with Gasteiger partial charge in [0.25, 0.3) is 0 Å². The number of anilines is 1. The van der Waals surface area contributed by atoms with Gasteiger partial charge in [0.15, 0.2) is 11.5 Å². The maximum Gasteiger partial charge on any atom is 0.341 e. The molecule has 1 aliphatic rings. The van der Waals surface area contributed by atoms with Crippen LogP contribution in [0.4, 0.5) is 5.00 Å². The summed E-state index contributed by atoms with van der Waals surface area (Å²) in [6.07, 6.45) is 3.08. The van der Waals surface area contributed by atoms with Crippen LogP contribution in [0, 0.1) is 0 Å². The van der Waals surface area contributed by atoms with Gasteiger partial charge in [-0.25, -0.2) is 4.79 Å². The Hall–Kier alpha value is -3.10. The summed E-state index contributed by atoms with van der Waals surface area (Å²) >= 11 is 4.69. The molecule has 1 amide bonds. The fraction of sp³-hybridized carbons (Fsp3) is 0.130. The molecule has 0 fully saturated rings. The normalized spacial score (nSPS) is 12.2. The number of carbonyl (C=O) groups excluding carboxylic acids is 2. The first-order valence-electron chi connectivity index (χ1n) is 9.48. The number of halogens is 1. The van der Waals surface area contributed by atoms with Crippen molar-refractivity contribution in [3.63, 3.8) is 0 Å². The minimum absolute atomic E-state index is 0.193. The summed E-state index contributed by atoms with van der Waals surface area (Å²) in [5.74, 6) is 0.494. The summed E-state index contributed by atoms with van der Waals surface area (Å²) in [5.41, 5.74) is 2.72. The van der Waals surface area contributed by atoms with Crippen LogP contribution in [0.2, 0.25) is 0 Å². The van der Waals surface area contributed by atoms with Gasteiger partial charge in [0.05, 0.1) is 6.61 Å². The molecular weight excluding hydrogens is 482 g/mol. The summed E-state index contributed by atoms with van der Waals surface area (Å²) < 4.78 is 16.8. The molecule has 8 heteroatoms. The Labute approximate surface area is 191 Å². The summed E-state index contributed by atoms with van der Waals surface area (Å²) in [6.45, 7) is 2.18. The first-order chi connectivity index (χ1) is 15.0. The lowest BCUT2D eigenvalue weighted by Crippen LogP contribution is -2.12. The molecule has 1 N–H and O–H groups in total. The predicted molar refractivity (Wildman–Crippen MR) is 124 cm³/mol. The van der Waals surface area contributed by atoms with E-state index < -0.39 is 5.97 Å². The van der Waals surface area contributed by atoms with E-state index in [4.69, 9.17) is 14.2 Å². The van der Waals surface area contributed by atoms with E-state index in [1.54, 1.807) is 25.1 Å². The molecule has 4 rings (SSSR count). The number of hydrogen-bond acceptors (Lipinski definition) is 6. The Morgan fingerprint density at radius 2 is 1.94 bits per heavy atom. The van der Waals surface area contributed by atoms with Crippen LogP contribution in [-0.2, 0) is 9.53 Å². The molecule has 6 nitrogen and oxygen atoms in total. The van der Waals surface area contributed by atoms with E-state index in [-0.39, 0.29) is 19.3 Å². The molecule has 31 heavy (non-hydrogen) atoms. The number of hydrogen-bond donors (Lipinski definition) is 1. The fourth-order valence-corrected chi connectivity index (χ4v) is 4.26. The zero-order chi connectivity index (χ0) is 21.8. The zero-order valence-corrected chi connectivity index (χ0v) is 18.9. The highest BCUT2D eigenvalue weighted by Crippen LogP contribution is 2.37. The third-order valence-electron chi connectivity index (χ3n) is 4.49. The van der Waals surface area contributed by atoms with Gasteiger partial charge in [0, 0.05) is 21.5 Å². The van der Waals surface area contributed by atoms with Gasteiger partial charge in [-0.2, -0.15) is 0 Å². The second-order valence-electron chi connectivity index (χ2n) is 6.52. The number of esters is 1. The number of nitrogens with one attached hydrogen (secondary N) is 1. The molecular formula is C23H18BrNO5S. The molecule has 0 saturated heterocycles. The molecule has 158 valence electrons. The number of fused-ring (bicyclic) bond motifs is 1. The number of thiophene rings is 1. The molecule has 0 radical (unpaired) electrons. The van der Waals surface area contributed by atoms with E-state index in [0.717, 1.165) is 15.6 Å². The zero-order valence-electron chi connectivity index (χ0n) is 16.5.